The average Bonchev–Trinajstić information content (AvgIpc) is 3.19. The third-order valence-corrected chi connectivity index (χ3v) is 4.90. The van der Waals surface area contributed by atoms with Crippen LogP contribution >= 0.6 is 0 Å². The van der Waals surface area contributed by atoms with Gasteiger partial charge in [-0.2, -0.15) is 4.98 Å². The van der Waals surface area contributed by atoms with E-state index in [1.165, 1.54) is 0 Å². The Bertz CT molecular complexity index is 894. The van der Waals surface area contributed by atoms with Gasteiger partial charge in [-0.05, 0) is 25.0 Å². The molecule has 1 fully saturated rings. The number of carbonyl (C=O) groups is 2. The summed E-state index contributed by atoms with van der Waals surface area (Å²) < 4.78 is 10.8. The van der Waals surface area contributed by atoms with Crippen LogP contribution in [0.15, 0.2) is 22.7 Å². The number of piperidine rings is 1. The highest BCUT2D eigenvalue weighted by atomic mass is 16.5. The molecule has 0 radical (unpaired) electrons. The molecule has 2 aliphatic heterocycles. The monoisotopic (exact) mass is 385 g/mol. The Morgan fingerprint density at radius 3 is 3.04 bits per heavy atom. The summed E-state index contributed by atoms with van der Waals surface area (Å²) in [7, 11) is 0. The van der Waals surface area contributed by atoms with Crippen molar-refractivity contribution in [1.29, 1.82) is 0 Å². The van der Waals surface area contributed by atoms with Gasteiger partial charge in [-0.25, -0.2) is 4.79 Å². The molecule has 2 aromatic rings. The second-order valence-corrected chi connectivity index (χ2v) is 7.41. The zero-order chi connectivity index (χ0) is 19.7. The lowest BCUT2D eigenvalue weighted by atomic mass is 9.98. The normalized spacial score (nSPS) is 19.0. The number of fused-ring (bicyclic) bond motifs is 1. The second kappa shape index (κ2) is 7.49. The fraction of sp³-hybridized carbons (Fsp3) is 0.474. The minimum absolute atomic E-state index is 0.0270. The number of nitrogens with one attached hydrogen (secondary N) is 2. The van der Waals surface area contributed by atoms with Crippen molar-refractivity contribution in [3.05, 3.63) is 29.9 Å². The van der Waals surface area contributed by atoms with Crippen LogP contribution in [-0.2, 0) is 4.79 Å². The number of carbonyl (C=O) groups excluding carboxylic acids is 2. The lowest BCUT2D eigenvalue weighted by molar-refractivity contribution is -0.118. The van der Waals surface area contributed by atoms with Gasteiger partial charge in [0.2, 0.25) is 5.89 Å². The van der Waals surface area contributed by atoms with E-state index in [0.29, 0.717) is 41.9 Å². The van der Waals surface area contributed by atoms with E-state index in [-0.39, 0.29) is 30.4 Å². The van der Waals surface area contributed by atoms with Gasteiger partial charge >= 0.3 is 6.03 Å². The first kappa shape index (κ1) is 18.3. The maximum absolute atomic E-state index is 12.7. The molecule has 0 saturated carbocycles. The van der Waals surface area contributed by atoms with Crippen LogP contribution in [0.4, 0.5) is 16.2 Å². The number of benzene rings is 1. The van der Waals surface area contributed by atoms with Crippen molar-refractivity contribution < 1.29 is 18.8 Å². The van der Waals surface area contributed by atoms with Crippen LogP contribution < -0.4 is 15.4 Å². The summed E-state index contributed by atoms with van der Waals surface area (Å²) in [4.78, 5) is 30.3. The van der Waals surface area contributed by atoms with E-state index < -0.39 is 0 Å². The molecule has 3 amide bonds. The first-order valence-corrected chi connectivity index (χ1v) is 9.45. The van der Waals surface area contributed by atoms with Gasteiger partial charge in [-0.3, -0.25) is 4.79 Å². The summed E-state index contributed by atoms with van der Waals surface area (Å²) in [5, 5.41) is 9.65. The Labute approximate surface area is 162 Å². The molecule has 3 heterocycles. The highest BCUT2D eigenvalue weighted by Gasteiger charge is 2.29. The molecule has 1 atom stereocenters. The van der Waals surface area contributed by atoms with E-state index in [4.69, 9.17) is 9.26 Å². The number of nitrogens with zero attached hydrogens (tertiary/aromatic N) is 3. The summed E-state index contributed by atoms with van der Waals surface area (Å²) in [5.74, 6) is 1.89. The SMILES string of the molecule is CC(C)c1noc(C2CCCN(C(=O)Nc3ccc4c(c3)OCC(=O)N4)C2)n1. The second-order valence-electron chi connectivity index (χ2n) is 7.41. The van der Waals surface area contributed by atoms with E-state index in [0.717, 1.165) is 12.8 Å². The van der Waals surface area contributed by atoms with Gasteiger partial charge in [-0.15, -0.1) is 0 Å². The molecule has 1 saturated heterocycles. The van der Waals surface area contributed by atoms with Crippen molar-refractivity contribution in [3.8, 4) is 5.75 Å². The molecule has 2 aliphatic rings. The van der Waals surface area contributed by atoms with E-state index in [2.05, 4.69) is 20.8 Å². The Balaban J connectivity index is 1.41. The number of hydrogen-bond donors (Lipinski definition) is 2. The van der Waals surface area contributed by atoms with E-state index >= 15 is 0 Å². The number of urea groups is 1. The molecular formula is C19H23N5O4. The van der Waals surface area contributed by atoms with Crippen molar-refractivity contribution >= 4 is 23.3 Å². The topological polar surface area (TPSA) is 110 Å². The van der Waals surface area contributed by atoms with Crippen molar-refractivity contribution in [2.75, 3.05) is 30.3 Å². The van der Waals surface area contributed by atoms with Crippen molar-refractivity contribution in [1.82, 2.24) is 15.0 Å². The number of rotatable bonds is 3. The van der Waals surface area contributed by atoms with Gasteiger partial charge in [0, 0.05) is 30.8 Å². The predicted molar refractivity (Wildman–Crippen MR) is 102 cm³/mol. The Kier molecular flexibility index (Phi) is 4.89. The summed E-state index contributed by atoms with van der Waals surface area (Å²) in [6.45, 7) is 5.21. The van der Waals surface area contributed by atoms with Crippen molar-refractivity contribution in [2.24, 2.45) is 0 Å². The Morgan fingerprint density at radius 1 is 1.39 bits per heavy atom. The van der Waals surface area contributed by atoms with Crippen LogP contribution in [0.2, 0.25) is 0 Å². The third-order valence-electron chi connectivity index (χ3n) is 4.90. The molecule has 0 aliphatic carbocycles. The molecule has 1 aromatic heterocycles. The minimum Gasteiger partial charge on any atom is -0.482 e. The standard InChI is InChI=1S/C19H23N5O4/c1-11(2)17-22-18(28-23-17)12-4-3-7-24(9-12)19(26)20-13-5-6-14-15(8-13)27-10-16(25)21-14/h5-6,8,11-12H,3-4,7,9-10H2,1-2H3,(H,20,26)(H,21,25). The maximum atomic E-state index is 12.7. The summed E-state index contributed by atoms with van der Waals surface area (Å²) in [6, 6.07) is 4.97. The zero-order valence-electron chi connectivity index (χ0n) is 15.9. The number of amides is 3. The summed E-state index contributed by atoms with van der Waals surface area (Å²) >= 11 is 0. The molecule has 0 spiro atoms. The van der Waals surface area contributed by atoms with Crippen LogP contribution in [0.3, 0.4) is 0 Å². The Morgan fingerprint density at radius 2 is 2.25 bits per heavy atom. The quantitative estimate of drug-likeness (QED) is 0.841. The maximum Gasteiger partial charge on any atom is 0.321 e. The van der Waals surface area contributed by atoms with E-state index in [9.17, 15) is 9.59 Å². The highest BCUT2D eigenvalue weighted by molar-refractivity contribution is 5.96. The lowest BCUT2D eigenvalue weighted by Gasteiger charge is -2.31. The fourth-order valence-corrected chi connectivity index (χ4v) is 3.37. The van der Waals surface area contributed by atoms with Gasteiger partial charge in [0.15, 0.2) is 12.4 Å². The van der Waals surface area contributed by atoms with Gasteiger partial charge in [0.1, 0.15) is 5.75 Å². The van der Waals surface area contributed by atoms with Crippen LogP contribution in [-0.4, -0.2) is 46.7 Å². The highest BCUT2D eigenvalue weighted by Crippen LogP contribution is 2.31. The summed E-state index contributed by atoms with van der Waals surface area (Å²) in [6.07, 6.45) is 1.78. The smallest absolute Gasteiger partial charge is 0.321 e. The number of likely N-dealkylation sites (tertiary alicyclic amines) is 1. The van der Waals surface area contributed by atoms with Crippen LogP contribution in [0, 0.1) is 0 Å². The molecule has 1 unspecified atom stereocenters. The molecule has 28 heavy (non-hydrogen) atoms. The first-order chi connectivity index (χ1) is 13.5. The number of ether oxygens (including phenoxy) is 1. The molecule has 2 N–H and O–H groups in total. The van der Waals surface area contributed by atoms with E-state index in [1.54, 1.807) is 23.1 Å². The number of anilines is 2. The number of aromatic nitrogens is 2. The average molecular weight is 385 g/mol. The molecule has 4 rings (SSSR count). The molecule has 148 valence electrons. The van der Waals surface area contributed by atoms with E-state index in [1.807, 2.05) is 13.8 Å². The molecule has 9 heteroatoms. The number of hydrogen-bond acceptors (Lipinski definition) is 6. The van der Waals surface area contributed by atoms with Gasteiger partial charge in [-0.1, -0.05) is 19.0 Å². The van der Waals surface area contributed by atoms with Crippen LogP contribution in [0.5, 0.6) is 5.75 Å². The van der Waals surface area contributed by atoms with Crippen LogP contribution in [0.1, 0.15) is 50.2 Å². The first-order valence-electron chi connectivity index (χ1n) is 9.45. The van der Waals surface area contributed by atoms with Gasteiger partial charge in [0.25, 0.3) is 5.91 Å². The van der Waals surface area contributed by atoms with Crippen LogP contribution in [0.25, 0.3) is 0 Å². The predicted octanol–water partition coefficient (Wildman–Crippen LogP) is 2.94. The fourth-order valence-electron chi connectivity index (χ4n) is 3.37. The minimum atomic E-state index is -0.190. The molecule has 9 nitrogen and oxygen atoms in total. The molecule has 1 aromatic carbocycles. The molecule has 0 bridgehead atoms. The van der Waals surface area contributed by atoms with Gasteiger partial charge < -0.3 is 24.8 Å². The molecular weight excluding hydrogens is 362 g/mol. The Hall–Kier alpha value is -3.10. The van der Waals surface area contributed by atoms with Crippen molar-refractivity contribution in [2.45, 2.75) is 38.5 Å². The summed E-state index contributed by atoms with van der Waals surface area (Å²) in [5.41, 5.74) is 1.21. The largest absolute Gasteiger partial charge is 0.482 e. The third kappa shape index (κ3) is 3.78. The lowest BCUT2D eigenvalue weighted by Crippen LogP contribution is -2.41. The zero-order valence-corrected chi connectivity index (χ0v) is 15.9. The van der Waals surface area contributed by atoms with Gasteiger partial charge in [0.05, 0.1) is 11.6 Å². The van der Waals surface area contributed by atoms with Crippen molar-refractivity contribution in [3.63, 3.8) is 0 Å².